The second-order valence-corrected chi connectivity index (χ2v) is 6.81. The number of nitrogens with one attached hydrogen (secondary N) is 1. The molecule has 1 aromatic carbocycles. The number of Topliss-reactive ketones (excluding diaryl/α,β-unsaturated/α-hetero) is 2. The fraction of sp³-hybridized carbons (Fsp3) is 0.444. The Bertz CT molecular complexity index is 565. The molecule has 118 valence electrons. The Hall–Kier alpha value is -2.10. The van der Waals surface area contributed by atoms with Crippen LogP contribution in [-0.4, -0.2) is 30.2 Å². The minimum atomic E-state index is -0.161. The molecule has 1 aliphatic carbocycles. The van der Waals surface area contributed by atoms with E-state index in [1.165, 1.54) is 0 Å². The van der Waals surface area contributed by atoms with Gasteiger partial charge in [0, 0.05) is 43.4 Å². The zero-order valence-electron chi connectivity index (χ0n) is 13.7. The number of carbonyl (C=O) groups excluding carboxylic acids is 2. The zero-order chi connectivity index (χ0) is 16.3. The van der Waals surface area contributed by atoms with Gasteiger partial charge in [0.05, 0.1) is 5.57 Å². The molecule has 4 nitrogen and oxygen atoms in total. The Morgan fingerprint density at radius 2 is 1.64 bits per heavy atom. The van der Waals surface area contributed by atoms with Gasteiger partial charge in [-0.25, -0.2) is 0 Å². The highest BCUT2D eigenvalue weighted by molar-refractivity contribution is 6.22. The van der Waals surface area contributed by atoms with E-state index < -0.39 is 0 Å². The molecule has 1 fully saturated rings. The van der Waals surface area contributed by atoms with Crippen molar-refractivity contribution in [2.24, 2.45) is 0 Å². The first-order chi connectivity index (χ1) is 10.3. The van der Waals surface area contributed by atoms with Crippen LogP contribution in [0.25, 0.3) is 0 Å². The van der Waals surface area contributed by atoms with E-state index in [2.05, 4.69) is 5.32 Å². The van der Waals surface area contributed by atoms with Crippen LogP contribution in [0.3, 0.4) is 0 Å². The van der Waals surface area contributed by atoms with Gasteiger partial charge < -0.3 is 10.2 Å². The van der Waals surface area contributed by atoms with Crippen LogP contribution in [0.1, 0.15) is 33.6 Å². The summed E-state index contributed by atoms with van der Waals surface area (Å²) in [5.74, 6) is -0.165. The van der Waals surface area contributed by atoms with E-state index in [0.717, 1.165) is 5.69 Å². The fourth-order valence-electron chi connectivity index (χ4n) is 2.47. The van der Waals surface area contributed by atoms with Crippen molar-refractivity contribution < 1.29 is 9.59 Å². The summed E-state index contributed by atoms with van der Waals surface area (Å²) in [5.41, 5.74) is 1.16. The molecule has 22 heavy (non-hydrogen) atoms. The number of hydrogen-bond acceptors (Lipinski definition) is 4. The van der Waals surface area contributed by atoms with Crippen molar-refractivity contribution in [2.75, 3.05) is 11.9 Å². The van der Waals surface area contributed by atoms with Crippen molar-refractivity contribution in [1.29, 1.82) is 0 Å². The first-order valence-corrected chi connectivity index (χ1v) is 7.60. The van der Waals surface area contributed by atoms with Gasteiger partial charge in [0.25, 0.3) is 0 Å². The van der Waals surface area contributed by atoms with Crippen LogP contribution in [0.15, 0.2) is 42.1 Å². The SMILES string of the molecule is CN(c1ccccc1)C1CC(=O)C(=CNC(C)(C)C)C(=O)C1. The van der Waals surface area contributed by atoms with Crippen molar-refractivity contribution in [1.82, 2.24) is 5.32 Å². The molecule has 1 aromatic rings. The number of benzene rings is 1. The lowest BCUT2D eigenvalue weighted by Gasteiger charge is -2.32. The van der Waals surface area contributed by atoms with Crippen molar-refractivity contribution in [3.05, 3.63) is 42.1 Å². The summed E-state index contributed by atoms with van der Waals surface area (Å²) < 4.78 is 0. The van der Waals surface area contributed by atoms with Crippen molar-refractivity contribution in [3.8, 4) is 0 Å². The molecule has 0 saturated heterocycles. The summed E-state index contributed by atoms with van der Waals surface area (Å²) in [6, 6.07) is 9.76. The highest BCUT2D eigenvalue weighted by Crippen LogP contribution is 2.25. The van der Waals surface area contributed by atoms with E-state index in [4.69, 9.17) is 0 Å². The number of rotatable bonds is 3. The molecule has 4 heteroatoms. The quantitative estimate of drug-likeness (QED) is 0.689. The minimum absolute atomic E-state index is 0.0748. The topological polar surface area (TPSA) is 49.4 Å². The van der Waals surface area contributed by atoms with E-state index in [9.17, 15) is 9.59 Å². The number of hydrogen-bond donors (Lipinski definition) is 1. The van der Waals surface area contributed by atoms with Crippen molar-refractivity contribution in [2.45, 2.75) is 45.2 Å². The van der Waals surface area contributed by atoms with Crippen LogP contribution in [0.5, 0.6) is 0 Å². The van der Waals surface area contributed by atoms with E-state index in [1.807, 2.05) is 63.1 Å². The zero-order valence-corrected chi connectivity index (χ0v) is 13.7. The van der Waals surface area contributed by atoms with E-state index in [0.29, 0.717) is 18.4 Å². The number of carbonyl (C=O) groups is 2. The van der Waals surface area contributed by atoms with Gasteiger partial charge in [0.15, 0.2) is 11.6 Å². The van der Waals surface area contributed by atoms with Crippen LogP contribution in [0, 0.1) is 0 Å². The van der Waals surface area contributed by atoms with Gasteiger partial charge in [-0.2, -0.15) is 0 Å². The van der Waals surface area contributed by atoms with Gasteiger partial charge in [-0.15, -0.1) is 0 Å². The summed E-state index contributed by atoms with van der Waals surface area (Å²) in [5, 5.41) is 3.11. The largest absolute Gasteiger partial charge is 0.386 e. The number of allylic oxidation sites excluding steroid dienone is 1. The summed E-state index contributed by atoms with van der Waals surface area (Å²) in [7, 11) is 1.93. The van der Waals surface area contributed by atoms with Gasteiger partial charge in [-0.3, -0.25) is 9.59 Å². The van der Waals surface area contributed by atoms with Crippen LogP contribution in [-0.2, 0) is 9.59 Å². The molecule has 0 spiro atoms. The van der Waals surface area contributed by atoms with E-state index in [-0.39, 0.29) is 23.1 Å². The third-order valence-electron chi connectivity index (χ3n) is 3.80. The van der Waals surface area contributed by atoms with Crippen LogP contribution < -0.4 is 10.2 Å². The third kappa shape index (κ3) is 3.97. The first-order valence-electron chi connectivity index (χ1n) is 7.60. The predicted molar refractivity (Wildman–Crippen MR) is 88.9 cm³/mol. The number of ketones is 2. The van der Waals surface area contributed by atoms with Gasteiger partial charge in [-0.05, 0) is 32.9 Å². The minimum Gasteiger partial charge on any atom is -0.386 e. The maximum Gasteiger partial charge on any atom is 0.169 e. The smallest absolute Gasteiger partial charge is 0.169 e. The molecule has 0 amide bonds. The second-order valence-electron chi connectivity index (χ2n) is 6.81. The molecule has 0 radical (unpaired) electrons. The van der Waals surface area contributed by atoms with E-state index in [1.54, 1.807) is 6.20 Å². The third-order valence-corrected chi connectivity index (χ3v) is 3.80. The average molecular weight is 300 g/mol. The first kappa shape index (κ1) is 16.3. The fourth-order valence-corrected chi connectivity index (χ4v) is 2.47. The molecule has 0 atom stereocenters. The maximum atomic E-state index is 12.3. The molecule has 0 bridgehead atoms. The maximum absolute atomic E-state index is 12.3. The standard InChI is InChI=1S/C18H24N2O2/c1-18(2,3)19-12-15-16(21)10-14(11-17(15)22)20(4)13-8-6-5-7-9-13/h5-9,12,14,19H,10-11H2,1-4H3. The highest BCUT2D eigenvalue weighted by Gasteiger charge is 2.33. The Kier molecular flexibility index (Phi) is 4.69. The predicted octanol–water partition coefficient (Wildman–Crippen LogP) is 2.70. The Morgan fingerprint density at radius 3 is 2.14 bits per heavy atom. The Morgan fingerprint density at radius 1 is 1.09 bits per heavy atom. The summed E-state index contributed by atoms with van der Waals surface area (Å²) in [6.07, 6.45) is 2.33. The lowest BCUT2D eigenvalue weighted by molar-refractivity contribution is -0.124. The van der Waals surface area contributed by atoms with Crippen molar-refractivity contribution >= 4 is 17.3 Å². The second kappa shape index (κ2) is 6.34. The molecular weight excluding hydrogens is 276 g/mol. The lowest BCUT2D eigenvalue weighted by Crippen LogP contribution is -2.42. The molecule has 0 aromatic heterocycles. The Labute approximate surface area is 132 Å². The highest BCUT2D eigenvalue weighted by atomic mass is 16.2. The lowest BCUT2D eigenvalue weighted by atomic mass is 9.88. The van der Waals surface area contributed by atoms with Gasteiger partial charge >= 0.3 is 0 Å². The summed E-state index contributed by atoms with van der Waals surface area (Å²) in [6.45, 7) is 5.98. The number of nitrogens with zero attached hydrogens (tertiary/aromatic N) is 1. The molecular formula is C18H24N2O2. The molecule has 0 heterocycles. The monoisotopic (exact) mass is 300 g/mol. The van der Waals surface area contributed by atoms with Crippen LogP contribution in [0.4, 0.5) is 5.69 Å². The summed E-state index contributed by atoms with van der Waals surface area (Å²) in [4.78, 5) is 26.6. The van der Waals surface area contributed by atoms with Gasteiger partial charge in [0.2, 0.25) is 0 Å². The molecule has 0 unspecified atom stereocenters. The average Bonchev–Trinajstić information content (AvgIpc) is 2.45. The van der Waals surface area contributed by atoms with Crippen LogP contribution >= 0.6 is 0 Å². The molecule has 1 saturated carbocycles. The normalized spacial score (nSPS) is 19.1. The molecule has 0 aliphatic heterocycles. The molecule has 2 rings (SSSR count). The number of para-hydroxylation sites is 1. The van der Waals surface area contributed by atoms with Crippen LogP contribution in [0.2, 0.25) is 0 Å². The molecule has 1 N–H and O–H groups in total. The van der Waals surface area contributed by atoms with Crippen molar-refractivity contribution in [3.63, 3.8) is 0 Å². The van der Waals surface area contributed by atoms with Gasteiger partial charge in [-0.1, -0.05) is 18.2 Å². The summed E-state index contributed by atoms with van der Waals surface area (Å²) >= 11 is 0. The molecule has 1 aliphatic rings. The number of anilines is 1. The van der Waals surface area contributed by atoms with E-state index >= 15 is 0 Å². The Balaban J connectivity index is 2.10. The van der Waals surface area contributed by atoms with Gasteiger partial charge in [0.1, 0.15) is 0 Å².